The van der Waals surface area contributed by atoms with Crippen molar-refractivity contribution in [2.24, 2.45) is 0 Å². The minimum atomic E-state index is 0.0176. The highest BCUT2D eigenvalue weighted by molar-refractivity contribution is 6.05. The largest absolute Gasteiger partial charge is 0.228 e. The van der Waals surface area contributed by atoms with Crippen LogP contribution >= 0.6 is 0 Å². The van der Waals surface area contributed by atoms with E-state index in [1.807, 2.05) is 30.3 Å². The van der Waals surface area contributed by atoms with E-state index in [9.17, 15) is 5.26 Å². The predicted molar refractivity (Wildman–Crippen MR) is 246 cm³/mol. The summed E-state index contributed by atoms with van der Waals surface area (Å²) in [6.45, 7) is 0. The normalized spacial score (nSPS) is 13.8. The molecule has 1 saturated carbocycles. The van der Waals surface area contributed by atoms with Crippen molar-refractivity contribution in [3.63, 3.8) is 0 Å². The van der Waals surface area contributed by atoms with Gasteiger partial charge in [-0.3, -0.25) is 0 Å². The maximum atomic E-state index is 9.76. The predicted octanol–water partition coefficient (Wildman–Crippen LogP) is 14.7. The van der Waals surface area contributed by atoms with Gasteiger partial charge in [-0.1, -0.05) is 183 Å². The molecule has 0 aliphatic heterocycles. The summed E-state index contributed by atoms with van der Waals surface area (Å²) in [4.78, 5) is 10.2. The minimum Gasteiger partial charge on any atom is -0.228 e. The first kappa shape index (κ1) is 35.7. The van der Waals surface area contributed by atoms with Crippen LogP contribution < -0.4 is 0 Å². The van der Waals surface area contributed by atoms with Gasteiger partial charge in [-0.05, 0) is 104 Å². The molecule has 8 aromatic carbocycles. The van der Waals surface area contributed by atoms with Gasteiger partial charge in [-0.2, -0.15) is 5.26 Å². The number of fused-ring (bicyclic) bond motifs is 6. The zero-order valence-corrected chi connectivity index (χ0v) is 33.3. The molecule has 9 aromatic rings. The third-order valence-electron chi connectivity index (χ3n) is 13.0. The van der Waals surface area contributed by atoms with Crippen LogP contribution in [-0.2, 0) is 5.41 Å². The zero-order chi connectivity index (χ0) is 40.0. The standard InChI is InChI=1S/C57H41N3/c58-37-38-18-31-52-51(34-38)50-28-27-45(35-53(50)57(52)32-10-3-11-33-57)47-30-29-46(48-16-8-9-17-49(47)48)41-21-25-43(26-22-41)55-36-54(59-56(60-55)44-14-6-2-7-15-44)42-23-19-40(20-24-42)39-12-4-1-5-13-39/h1-2,4-9,12-31,34-36H,3,10-11,32-33H2. The first-order valence-corrected chi connectivity index (χ1v) is 21.1. The number of rotatable bonds is 6. The Morgan fingerprint density at radius 3 is 1.53 bits per heavy atom. The Balaban J connectivity index is 0.956. The fourth-order valence-corrected chi connectivity index (χ4v) is 9.98. The van der Waals surface area contributed by atoms with Gasteiger partial charge in [0.2, 0.25) is 0 Å². The summed E-state index contributed by atoms with van der Waals surface area (Å²) in [6, 6.07) is 69.5. The Hall–Kier alpha value is -7.41. The monoisotopic (exact) mass is 767 g/mol. The third-order valence-corrected chi connectivity index (χ3v) is 13.0. The molecular formula is C57H41N3. The molecule has 1 aromatic heterocycles. The molecular weight excluding hydrogens is 727 g/mol. The highest BCUT2D eigenvalue weighted by atomic mass is 14.9. The van der Waals surface area contributed by atoms with E-state index < -0.39 is 0 Å². The third kappa shape index (κ3) is 6.12. The average molecular weight is 768 g/mol. The number of aromatic nitrogens is 2. The van der Waals surface area contributed by atoms with Gasteiger partial charge in [-0.25, -0.2) is 9.97 Å². The maximum absolute atomic E-state index is 9.76. The summed E-state index contributed by atoms with van der Waals surface area (Å²) in [6.07, 6.45) is 6.06. The maximum Gasteiger partial charge on any atom is 0.160 e. The molecule has 11 rings (SSSR count). The summed E-state index contributed by atoms with van der Waals surface area (Å²) in [5.74, 6) is 0.706. The van der Waals surface area contributed by atoms with E-state index in [-0.39, 0.29) is 5.41 Å². The van der Waals surface area contributed by atoms with Crippen LogP contribution in [0.25, 0.3) is 89.2 Å². The van der Waals surface area contributed by atoms with Crippen LogP contribution in [0, 0.1) is 11.3 Å². The first-order valence-electron chi connectivity index (χ1n) is 21.1. The molecule has 3 nitrogen and oxygen atoms in total. The Morgan fingerprint density at radius 1 is 0.383 bits per heavy atom. The second kappa shape index (κ2) is 14.8. The van der Waals surface area contributed by atoms with E-state index in [0.717, 1.165) is 52.0 Å². The zero-order valence-electron chi connectivity index (χ0n) is 33.3. The lowest BCUT2D eigenvalue weighted by molar-refractivity contribution is 0.353. The first-order chi connectivity index (χ1) is 29.6. The van der Waals surface area contributed by atoms with Gasteiger partial charge < -0.3 is 0 Å². The van der Waals surface area contributed by atoms with Crippen molar-refractivity contribution in [1.29, 1.82) is 5.26 Å². The lowest BCUT2D eigenvalue weighted by Gasteiger charge is -2.36. The Labute approximate surface area is 351 Å². The van der Waals surface area contributed by atoms with Crippen LogP contribution in [0.3, 0.4) is 0 Å². The quantitative estimate of drug-likeness (QED) is 0.169. The van der Waals surface area contributed by atoms with Crippen molar-refractivity contribution in [3.05, 3.63) is 205 Å². The lowest BCUT2D eigenvalue weighted by atomic mass is 9.67. The lowest BCUT2D eigenvalue weighted by Crippen LogP contribution is -2.28. The van der Waals surface area contributed by atoms with Crippen LogP contribution in [-0.4, -0.2) is 9.97 Å². The highest BCUT2D eigenvalue weighted by Gasteiger charge is 2.44. The van der Waals surface area contributed by atoms with Crippen molar-refractivity contribution >= 4 is 10.8 Å². The number of hydrogen-bond donors (Lipinski definition) is 0. The molecule has 0 radical (unpaired) electrons. The van der Waals surface area contributed by atoms with Crippen molar-refractivity contribution in [1.82, 2.24) is 9.97 Å². The van der Waals surface area contributed by atoms with E-state index in [1.54, 1.807) is 0 Å². The molecule has 284 valence electrons. The van der Waals surface area contributed by atoms with Gasteiger partial charge in [0.25, 0.3) is 0 Å². The molecule has 1 heterocycles. The Bertz CT molecular complexity index is 3100. The second-order valence-electron chi connectivity index (χ2n) is 16.3. The SMILES string of the molecule is N#Cc1ccc2c(c1)-c1ccc(-c3ccc(-c4ccc(-c5cc(-c6ccc(-c7ccccc7)cc6)nc(-c6ccccc6)n5)cc4)c4ccccc34)cc1C21CCCCC1. The molecule has 0 bridgehead atoms. The molecule has 1 fully saturated rings. The fraction of sp³-hybridized carbons (Fsp3) is 0.105. The van der Waals surface area contributed by atoms with Crippen LogP contribution in [0.15, 0.2) is 188 Å². The number of nitrogens with zero attached hydrogens (tertiary/aromatic N) is 3. The van der Waals surface area contributed by atoms with E-state index in [0.29, 0.717) is 5.82 Å². The molecule has 1 spiro atoms. The summed E-state index contributed by atoms with van der Waals surface area (Å²) in [5, 5.41) is 12.2. The molecule has 2 aliphatic rings. The molecule has 0 atom stereocenters. The van der Waals surface area contributed by atoms with Gasteiger partial charge in [0.15, 0.2) is 5.82 Å². The van der Waals surface area contributed by atoms with Gasteiger partial charge in [0.1, 0.15) is 0 Å². The van der Waals surface area contributed by atoms with E-state index in [1.165, 1.54) is 80.1 Å². The molecule has 0 saturated heterocycles. The van der Waals surface area contributed by atoms with Gasteiger partial charge in [0.05, 0.1) is 23.0 Å². The Kier molecular flexibility index (Phi) is 8.79. The Morgan fingerprint density at radius 2 is 0.900 bits per heavy atom. The summed E-state index contributed by atoms with van der Waals surface area (Å²) < 4.78 is 0. The average Bonchev–Trinajstić information content (AvgIpc) is 3.58. The van der Waals surface area contributed by atoms with Crippen LogP contribution in [0.1, 0.15) is 48.8 Å². The van der Waals surface area contributed by atoms with Crippen LogP contribution in [0.2, 0.25) is 0 Å². The molecule has 0 N–H and O–H groups in total. The fourth-order valence-electron chi connectivity index (χ4n) is 9.98. The summed E-state index contributed by atoms with van der Waals surface area (Å²) in [7, 11) is 0. The highest BCUT2D eigenvalue weighted by Crippen LogP contribution is 2.56. The molecule has 0 unspecified atom stereocenters. The van der Waals surface area contributed by atoms with E-state index >= 15 is 0 Å². The van der Waals surface area contributed by atoms with Crippen molar-refractivity contribution < 1.29 is 0 Å². The summed E-state index contributed by atoms with van der Waals surface area (Å²) in [5.41, 5.74) is 18.2. The molecule has 0 amide bonds. The van der Waals surface area contributed by atoms with Crippen molar-refractivity contribution in [2.45, 2.75) is 37.5 Å². The van der Waals surface area contributed by atoms with Gasteiger partial charge >= 0.3 is 0 Å². The van der Waals surface area contributed by atoms with Gasteiger partial charge in [-0.15, -0.1) is 0 Å². The second-order valence-corrected chi connectivity index (χ2v) is 16.3. The summed E-state index contributed by atoms with van der Waals surface area (Å²) >= 11 is 0. The van der Waals surface area contributed by atoms with Crippen LogP contribution in [0.5, 0.6) is 0 Å². The number of nitriles is 1. The van der Waals surface area contributed by atoms with Crippen molar-refractivity contribution in [2.75, 3.05) is 0 Å². The van der Waals surface area contributed by atoms with E-state index in [4.69, 9.17) is 9.97 Å². The topological polar surface area (TPSA) is 49.6 Å². The van der Waals surface area contributed by atoms with Crippen LogP contribution in [0.4, 0.5) is 0 Å². The smallest absolute Gasteiger partial charge is 0.160 e. The van der Waals surface area contributed by atoms with Gasteiger partial charge in [0, 0.05) is 22.1 Å². The molecule has 3 heteroatoms. The van der Waals surface area contributed by atoms with Crippen molar-refractivity contribution in [3.8, 4) is 84.5 Å². The number of benzene rings is 8. The molecule has 60 heavy (non-hydrogen) atoms. The molecule has 2 aliphatic carbocycles. The minimum absolute atomic E-state index is 0.0176. The number of hydrogen-bond acceptors (Lipinski definition) is 3. The van der Waals surface area contributed by atoms with E-state index in [2.05, 4.69) is 164 Å².